The Balaban J connectivity index is 2.43. The van der Waals surface area contributed by atoms with E-state index in [-0.39, 0.29) is 30.2 Å². The largest absolute Gasteiger partial charge is 0.573 e. The topological polar surface area (TPSA) is 64.7 Å². The van der Waals surface area contributed by atoms with E-state index in [0.717, 1.165) is 6.07 Å². The maximum absolute atomic E-state index is 12.6. The van der Waals surface area contributed by atoms with E-state index < -0.39 is 12.1 Å². The lowest BCUT2D eigenvalue weighted by atomic mass is 10.0. The van der Waals surface area contributed by atoms with Gasteiger partial charge in [-0.05, 0) is 29.8 Å². The van der Waals surface area contributed by atoms with Gasteiger partial charge in [-0.25, -0.2) is 0 Å². The smallest absolute Gasteiger partial charge is 0.508 e. The van der Waals surface area contributed by atoms with E-state index in [2.05, 4.69) is 4.74 Å². The van der Waals surface area contributed by atoms with Gasteiger partial charge in [0.05, 0.1) is 0 Å². The molecule has 0 radical (unpaired) electrons. The van der Waals surface area contributed by atoms with Gasteiger partial charge in [-0.1, -0.05) is 12.1 Å². The van der Waals surface area contributed by atoms with Crippen molar-refractivity contribution in [1.29, 1.82) is 0 Å². The molecule has 2 rings (SSSR count). The van der Waals surface area contributed by atoms with Gasteiger partial charge in [-0.15, -0.1) is 13.2 Å². The predicted octanol–water partition coefficient (Wildman–Crippen LogP) is 3.30. The highest BCUT2D eigenvalue weighted by Gasteiger charge is 2.32. The van der Waals surface area contributed by atoms with Crippen molar-refractivity contribution >= 4 is 0 Å². The zero-order chi connectivity index (χ0) is 16.2. The van der Waals surface area contributed by atoms with Crippen molar-refractivity contribution in [2.45, 2.75) is 6.36 Å². The Hall–Kier alpha value is -2.41. The van der Waals surface area contributed by atoms with Crippen LogP contribution in [0.2, 0.25) is 0 Å². The first-order valence-electron chi connectivity index (χ1n) is 6.41. The standard InChI is InChI=1S/C15H14F3NO3/c16-15(17,18)22-14-9-12(21-7-6-19)4-5-13(14)10-2-1-3-11(20)8-10/h1-5,8-9,20H,6-7,19H2. The second-order valence-corrected chi connectivity index (χ2v) is 4.39. The molecule has 0 aliphatic rings. The summed E-state index contributed by atoms with van der Waals surface area (Å²) in [4.78, 5) is 0. The fraction of sp³-hybridized carbons (Fsp3) is 0.200. The van der Waals surface area contributed by atoms with Crippen LogP contribution in [0.4, 0.5) is 13.2 Å². The Bertz CT molecular complexity index is 644. The highest BCUT2D eigenvalue weighted by molar-refractivity contribution is 5.72. The molecule has 118 valence electrons. The molecule has 0 fully saturated rings. The highest BCUT2D eigenvalue weighted by Crippen LogP contribution is 2.37. The summed E-state index contributed by atoms with van der Waals surface area (Å²) < 4.78 is 47.0. The van der Waals surface area contributed by atoms with Gasteiger partial charge in [-0.3, -0.25) is 0 Å². The third-order valence-electron chi connectivity index (χ3n) is 2.72. The van der Waals surface area contributed by atoms with Crippen LogP contribution in [0.15, 0.2) is 42.5 Å². The number of hydrogen-bond donors (Lipinski definition) is 2. The SMILES string of the molecule is NCCOc1ccc(-c2cccc(O)c2)c(OC(F)(F)F)c1. The Morgan fingerprint density at radius 2 is 1.86 bits per heavy atom. The van der Waals surface area contributed by atoms with Crippen LogP contribution in [0.1, 0.15) is 0 Å². The number of alkyl halides is 3. The quantitative estimate of drug-likeness (QED) is 0.889. The molecule has 0 aliphatic heterocycles. The molecule has 0 aliphatic carbocycles. The Morgan fingerprint density at radius 1 is 1.09 bits per heavy atom. The van der Waals surface area contributed by atoms with E-state index in [1.807, 2.05) is 0 Å². The predicted molar refractivity (Wildman–Crippen MR) is 74.8 cm³/mol. The highest BCUT2D eigenvalue weighted by atomic mass is 19.4. The first-order valence-corrected chi connectivity index (χ1v) is 6.41. The maximum Gasteiger partial charge on any atom is 0.573 e. The minimum Gasteiger partial charge on any atom is -0.508 e. The molecule has 0 bridgehead atoms. The molecule has 2 aromatic rings. The van der Waals surface area contributed by atoms with Crippen LogP contribution in [-0.2, 0) is 0 Å². The molecular weight excluding hydrogens is 299 g/mol. The van der Waals surface area contributed by atoms with E-state index in [1.54, 1.807) is 6.07 Å². The van der Waals surface area contributed by atoms with Crippen molar-refractivity contribution in [3.63, 3.8) is 0 Å². The van der Waals surface area contributed by atoms with Crippen LogP contribution in [0.3, 0.4) is 0 Å². The Kier molecular flexibility index (Phi) is 4.77. The molecule has 22 heavy (non-hydrogen) atoms. The molecule has 0 atom stereocenters. The number of ether oxygens (including phenoxy) is 2. The van der Waals surface area contributed by atoms with Crippen molar-refractivity contribution in [3.8, 4) is 28.4 Å². The van der Waals surface area contributed by atoms with E-state index in [4.69, 9.17) is 10.5 Å². The van der Waals surface area contributed by atoms with Gasteiger partial charge in [0.25, 0.3) is 0 Å². The summed E-state index contributed by atoms with van der Waals surface area (Å²) in [5.41, 5.74) is 5.87. The second-order valence-electron chi connectivity index (χ2n) is 4.39. The van der Waals surface area contributed by atoms with E-state index >= 15 is 0 Å². The van der Waals surface area contributed by atoms with Crippen LogP contribution in [-0.4, -0.2) is 24.6 Å². The number of hydrogen-bond acceptors (Lipinski definition) is 4. The number of nitrogens with two attached hydrogens (primary N) is 1. The van der Waals surface area contributed by atoms with Gasteiger partial charge < -0.3 is 20.3 Å². The lowest BCUT2D eigenvalue weighted by Crippen LogP contribution is -2.18. The molecule has 0 spiro atoms. The van der Waals surface area contributed by atoms with Crippen LogP contribution in [0.25, 0.3) is 11.1 Å². The van der Waals surface area contributed by atoms with Gasteiger partial charge in [0, 0.05) is 18.2 Å². The van der Waals surface area contributed by atoms with Crippen molar-refractivity contribution in [2.75, 3.05) is 13.2 Å². The van der Waals surface area contributed by atoms with Gasteiger partial charge in [0.2, 0.25) is 0 Å². The summed E-state index contributed by atoms with van der Waals surface area (Å²) in [6, 6.07) is 9.95. The molecule has 0 amide bonds. The number of rotatable bonds is 5. The Morgan fingerprint density at radius 3 is 2.50 bits per heavy atom. The van der Waals surface area contributed by atoms with Crippen LogP contribution in [0, 0.1) is 0 Å². The lowest BCUT2D eigenvalue weighted by molar-refractivity contribution is -0.274. The van der Waals surface area contributed by atoms with E-state index in [1.165, 1.54) is 30.3 Å². The fourth-order valence-corrected chi connectivity index (χ4v) is 1.89. The molecule has 0 saturated heterocycles. The van der Waals surface area contributed by atoms with Crippen molar-refractivity contribution in [3.05, 3.63) is 42.5 Å². The molecule has 0 unspecified atom stereocenters. The molecule has 4 nitrogen and oxygen atoms in total. The molecule has 3 N–H and O–H groups in total. The lowest BCUT2D eigenvalue weighted by Gasteiger charge is -2.15. The third-order valence-corrected chi connectivity index (χ3v) is 2.72. The number of phenols is 1. The normalized spacial score (nSPS) is 11.3. The summed E-state index contributed by atoms with van der Waals surface area (Å²) in [5.74, 6) is -0.250. The summed E-state index contributed by atoms with van der Waals surface area (Å²) in [6.07, 6.45) is -4.84. The fourth-order valence-electron chi connectivity index (χ4n) is 1.89. The van der Waals surface area contributed by atoms with Gasteiger partial charge >= 0.3 is 6.36 Å². The van der Waals surface area contributed by atoms with Gasteiger partial charge in [0.1, 0.15) is 23.9 Å². The van der Waals surface area contributed by atoms with Crippen LogP contribution in [0.5, 0.6) is 17.2 Å². The summed E-state index contributed by atoms with van der Waals surface area (Å²) >= 11 is 0. The minimum atomic E-state index is -4.84. The number of phenolic OH excluding ortho intramolecular Hbond substituents is 1. The zero-order valence-electron chi connectivity index (χ0n) is 11.4. The van der Waals surface area contributed by atoms with Crippen LogP contribution < -0.4 is 15.2 Å². The first-order chi connectivity index (χ1) is 10.4. The third kappa shape index (κ3) is 4.29. The number of benzene rings is 2. The average Bonchev–Trinajstić information content (AvgIpc) is 2.43. The van der Waals surface area contributed by atoms with Crippen molar-refractivity contribution in [1.82, 2.24) is 0 Å². The monoisotopic (exact) mass is 313 g/mol. The molecule has 0 aromatic heterocycles. The molecule has 0 saturated carbocycles. The maximum atomic E-state index is 12.6. The van der Waals surface area contributed by atoms with Crippen molar-refractivity contribution in [2.24, 2.45) is 5.73 Å². The molecule has 7 heteroatoms. The molecule has 2 aromatic carbocycles. The summed E-state index contributed by atoms with van der Waals surface area (Å²) in [5, 5.41) is 9.47. The van der Waals surface area contributed by atoms with Gasteiger partial charge in [0.15, 0.2) is 0 Å². The van der Waals surface area contributed by atoms with E-state index in [0.29, 0.717) is 5.56 Å². The summed E-state index contributed by atoms with van der Waals surface area (Å²) in [7, 11) is 0. The molecule has 0 heterocycles. The van der Waals surface area contributed by atoms with E-state index in [9.17, 15) is 18.3 Å². The molecular formula is C15H14F3NO3. The zero-order valence-corrected chi connectivity index (χ0v) is 11.4. The first kappa shape index (κ1) is 16.0. The minimum absolute atomic E-state index is 0.0566. The van der Waals surface area contributed by atoms with Gasteiger partial charge in [-0.2, -0.15) is 0 Å². The average molecular weight is 313 g/mol. The van der Waals surface area contributed by atoms with Crippen LogP contribution >= 0.6 is 0 Å². The van der Waals surface area contributed by atoms with Crippen molar-refractivity contribution < 1.29 is 27.8 Å². The number of halogens is 3. The number of aromatic hydroxyl groups is 1. The Labute approximate surface area is 124 Å². The second kappa shape index (κ2) is 6.57. The summed E-state index contributed by atoms with van der Waals surface area (Å²) in [6.45, 7) is 0.417.